The number of rotatable bonds is 7. The summed E-state index contributed by atoms with van der Waals surface area (Å²) in [6.07, 6.45) is -3.00. The average molecular weight is 388 g/mol. The summed E-state index contributed by atoms with van der Waals surface area (Å²) in [5, 5.41) is 0. The van der Waals surface area contributed by atoms with Gasteiger partial charge in [-0.25, -0.2) is 8.78 Å². The van der Waals surface area contributed by atoms with Gasteiger partial charge in [0.2, 0.25) is 0 Å². The van der Waals surface area contributed by atoms with E-state index in [1.165, 1.54) is 5.56 Å². The van der Waals surface area contributed by atoms with Crippen LogP contribution in [0.4, 0.5) is 17.6 Å². The molecule has 0 aliphatic rings. The van der Waals surface area contributed by atoms with Gasteiger partial charge in [-0.05, 0) is 47.2 Å². The average Bonchev–Trinajstić information content (AvgIpc) is 2.70. The predicted octanol–water partition coefficient (Wildman–Crippen LogP) is 6.80. The van der Waals surface area contributed by atoms with E-state index in [9.17, 15) is 17.6 Å². The molecule has 0 saturated carbocycles. The lowest BCUT2D eigenvalue weighted by Gasteiger charge is -2.18. The van der Waals surface area contributed by atoms with Crippen LogP contribution in [0.25, 0.3) is 11.1 Å². The summed E-state index contributed by atoms with van der Waals surface area (Å²) in [7, 11) is 0. The Kier molecular flexibility index (Phi) is 6.02. The van der Waals surface area contributed by atoms with Crippen molar-refractivity contribution in [2.45, 2.75) is 32.3 Å². The number of hydrogen-bond acceptors (Lipinski definition) is 1. The molecular weight excluding hydrogens is 368 g/mol. The van der Waals surface area contributed by atoms with Crippen LogP contribution >= 0.6 is 0 Å². The topological polar surface area (TPSA) is 9.23 Å². The van der Waals surface area contributed by atoms with Crippen LogP contribution in [0.2, 0.25) is 0 Å². The van der Waals surface area contributed by atoms with Crippen molar-refractivity contribution >= 4 is 0 Å². The first-order valence-electron chi connectivity index (χ1n) is 9.06. The third-order valence-corrected chi connectivity index (χ3v) is 4.51. The van der Waals surface area contributed by atoms with E-state index in [-0.39, 0.29) is 6.42 Å². The van der Waals surface area contributed by atoms with Gasteiger partial charge in [0.05, 0.1) is 6.42 Å². The van der Waals surface area contributed by atoms with Gasteiger partial charge < -0.3 is 4.74 Å². The minimum absolute atomic E-state index is 0.0890. The fourth-order valence-electron chi connectivity index (χ4n) is 2.85. The lowest BCUT2D eigenvalue weighted by Crippen LogP contribution is -2.25. The third-order valence-electron chi connectivity index (χ3n) is 4.51. The first-order valence-corrected chi connectivity index (χ1v) is 9.06. The molecule has 0 fully saturated rings. The molecule has 3 rings (SSSR count). The molecular formula is C23H20F4O. The Morgan fingerprint density at radius 3 is 1.86 bits per heavy atom. The van der Waals surface area contributed by atoms with Crippen molar-refractivity contribution in [2.75, 3.05) is 0 Å². The molecule has 0 atom stereocenters. The molecule has 0 spiro atoms. The van der Waals surface area contributed by atoms with E-state index in [0.29, 0.717) is 6.07 Å². The van der Waals surface area contributed by atoms with Gasteiger partial charge in [0.1, 0.15) is 5.75 Å². The number of benzene rings is 3. The molecule has 0 bridgehead atoms. The maximum Gasteiger partial charge on any atom is 0.398 e. The zero-order valence-electron chi connectivity index (χ0n) is 15.4. The summed E-state index contributed by atoms with van der Waals surface area (Å²) in [6, 6.07) is 18.0. The Morgan fingerprint density at radius 1 is 0.750 bits per heavy atom. The van der Waals surface area contributed by atoms with Crippen LogP contribution in [0.5, 0.6) is 5.75 Å². The van der Waals surface area contributed by atoms with Gasteiger partial charge in [-0.1, -0.05) is 55.5 Å². The monoisotopic (exact) mass is 388 g/mol. The summed E-state index contributed by atoms with van der Waals surface area (Å²) in [5.41, 5.74) is 4.07. The summed E-state index contributed by atoms with van der Waals surface area (Å²) < 4.78 is 58.5. The number of ether oxygens (including phenoxy) is 1. The molecule has 5 heteroatoms. The molecule has 0 amide bonds. The van der Waals surface area contributed by atoms with Crippen molar-refractivity contribution in [3.8, 4) is 16.9 Å². The predicted molar refractivity (Wildman–Crippen MR) is 102 cm³/mol. The smallest absolute Gasteiger partial charge is 0.398 e. The van der Waals surface area contributed by atoms with E-state index in [0.717, 1.165) is 35.2 Å². The van der Waals surface area contributed by atoms with Crippen LogP contribution in [0.3, 0.4) is 0 Å². The molecule has 28 heavy (non-hydrogen) atoms. The van der Waals surface area contributed by atoms with Gasteiger partial charge in [-0.15, -0.1) is 0 Å². The third kappa shape index (κ3) is 5.12. The van der Waals surface area contributed by atoms with E-state index in [1.54, 1.807) is 12.1 Å². The minimum Gasteiger partial charge on any atom is -0.432 e. The SMILES string of the molecule is CCc1ccc(-c2ccc(CCC(F)(F)Oc3ccc(F)c(F)c3)cc2)cc1. The van der Waals surface area contributed by atoms with Gasteiger partial charge >= 0.3 is 6.11 Å². The summed E-state index contributed by atoms with van der Waals surface area (Å²) >= 11 is 0. The quantitative estimate of drug-likeness (QED) is 0.405. The van der Waals surface area contributed by atoms with Gasteiger partial charge in [-0.3, -0.25) is 0 Å². The first-order chi connectivity index (χ1) is 13.4. The molecule has 0 saturated heterocycles. The van der Waals surface area contributed by atoms with Crippen molar-refractivity contribution in [1.29, 1.82) is 0 Å². The molecule has 0 radical (unpaired) electrons. The van der Waals surface area contributed by atoms with Gasteiger partial charge in [0, 0.05) is 6.07 Å². The molecule has 3 aromatic carbocycles. The lowest BCUT2D eigenvalue weighted by atomic mass is 10.0. The molecule has 0 heterocycles. The van der Waals surface area contributed by atoms with Crippen molar-refractivity contribution in [3.63, 3.8) is 0 Å². The van der Waals surface area contributed by atoms with Gasteiger partial charge in [-0.2, -0.15) is 8.78 Å². The number of halogens is 4. The zero-order chi connectivity index (χ0) is 20.1. The highest BCUT2D eigenvalue weighted by molar-refractivity contribution is 5.63. The highest BCUT2D eigenvalue weighted by Crippen LogP contribution is 2.28. The number of hydrogen-bond donors (Lipinski definition) is 0. The Balaban J connectivity index is 1.60. The van der Waals surface area contributed by atoms with E-state index >= 15 is 0 Å². The Hall–Kier alpha value is -2.82. The Morgan fingerprint density at radius 2 is 1.32 bits per heavy atom. The van der Waals surface area contributed by atoms with E-state index in [1.807, 2.05) is 24.3 Å². The summed E-state index contributed by atoms with van der Waals surface area (Å²) in [4.78, 5) is 0. The van der Waals surface area contributed by atoms with Crippen LogP contribution in [0.15, 0.2) is 66.7 Å². The summed E-state index contributed by atoms with van der Waals surface area (Å²) in [6.45, 7) is 2.09. The maximum absolute atomic E-state index is 14.0. The van der Waals surface area contributed by atoms with E-state index < -0.39 is 29.9 Å². The van der Waals surface area contributed by atoms with Crippen LogP contribution in [-0.2, 0) is 12.8 Å². The Bertz CT molecular complexity index is 918. The molecule has 146 valence electrons. The van der Waals surface area contributed by atoms with Crippen LogP contribution in [-0.4, -0.2) is 6.11 Å². The number of aryl methyl sites for hydroxylation is 2. The highest BCUT2D eigenvalue weighted by Gasteiger charge is 2.31. The van der Waals surface area contributed by atoms with Crippen molar-refractivity contribution in [1.82, 2.24) is 0 Å². The second kappa shape index (κ2) is 8.46. The maximum atomic E-state index is 14.0. The van der Waals surface area contributed by atoms with Crippen molar-refractivity contribution in [2.24, 2.45) is 0 Å². The fraction of sp³-hybridized carbons (Fsp3) is 0.217. The van der Waals surface area contributed by atoms with Crippen LogP contribution in [0, 0.1) is 11.6 Å². The van der Waals surface area contributed by atoms with Crippen molar-refractivity contribution in [3.05, 3.63) is 89.5 Å². The van der Waals surface area contributed by atoms with E-state index in [4.69, 9.17) is 0 Å². The second-order valence-corrected chi connectivity index (χ2v) is 6.56. The summed E-state index contributed by atoms with van der Waals surface area (Å²) in [5.74, 6) is -2.74. The molecule has 0 aliphatic carbocycles. The van der Waals surface area contributed by atoms with Crippen LogP contribution in [0.1, 0.15) is 24.5 Å². The molecule has 3 aromatic rings. The Labute approximate surface area is 161 Å². The van der Waals surface area contributed by atoms with E-state index in [2.05, 4.69) is 23.8 Å². The lowest BCUT2D eigenvalue weighted by molar-refractivity contribution is -0.180. The number of alkyl halides is 2. The minimum atomic E-state index is -3.49. The standard InChI is InChI=1S/C23H20F4O/c1-2-16-3-7-18(8-4-16)19-9-5-17(6-10-19)13-14-23(26,27)28-20-11-12-21(24)22(25)15-20/h3-12,15H,2,13-14H2,1H3. The van der Waals surface area contributed by atoms with Gasteiger partial charge in [0.15, 0.2) is 11.6 Å². The van der Waals surface area contributed by atoms with Crippen molar-refractivity contribution < 1.29 is 22.3 Å². The molecule has 1 nitrogen and oxygen atoms in total. The first kappa shape index (κ1) is 19.9. The molecule has 0 N–H and O–H groups in total. The van der Waals surface area contributed by atoms with Gasteiger partial charge in [0.25, 0.3) is 0 Å². The largest absolute Gasteiger partial charge is 0.432 e. The molecule has 0 unspecified atom stereocenters. The highest BCUT2D eigenvalue weighted by atomic mass is 19.3. The second-order valence-electron chi connectivity index (χ2n) is 6.56. The molecule has 0 aromatic heterocycles. The van der Waals surface area contributed by atoms with Crippen LogP contribution < -0.4 is 4.74 Å². The molecule has 0 aliphatic heterocycles. The normalized spacial score (nSPS) is 11.5. The fourth-order valence-corrected chi connectivity index (χ4v) is 2.85. The zero-order valence-corrected chi connectivity index (χ0v) is 15.4.